The highest BCUT2D eigenvalue weighted by atomic mass is 19.4. The topological polar surface area (TPSA) is 46.6 Å². The number of ether oxygens (including phenoxy) is 1. The molecule has 0 N–H and O–H groups in total. The summed E-state index contributed by atoms with van der Waals surface area (Å²) < 4.78 is 41.7. The Morgan fingerprint density at radius 1 is 1.24 bits per heavy atom. The van der Waals surface area contributed by atoms with Gasteiger partial charge in [-0.2, -0.15) is 13.2 Å². The van der Waals surface area contributed by atoms with Gasteiger partial charge in [0.25, 0.3) is 0 Å². The molecule has 0 aromatic carbocycles. The summed E-state index contributed by atoms with van der Waals surface area (Å²) in [6, 6.07) is 0. The first kappa shape index (κ1) is 17.8. The van der Waals surface area contributed by atoms with E-state index in [4.69, 9.17) is 0 Å². The second kappa shape index (κ2) is 6.23. The molecule has 0 radical (unpaired) electrons. The van der Waals surface area contributed by atoms with Gasteiger partial charge in [0.05, 0.1) is 5.92 Å². The highest BCUT2D eigenvalue weighted by molar-refractivity contribution is 5.82. The SMILES string of the molecule is C[C@H](OC(=O)[C@@H]1CCCN(C(=O)C(C)(C)C)C1)C(F)(F)F. The molecule has 0 bridgehead atoms. The fourth-order valence-corrected chi connectivity index (χ4v) is 2.17. The lowest BCUT2D eigenvalue weighted by atomic mass is 9.91. The molecule has 0 aliphatic carbocycles. The van der Waals surface area contributed by atoms with Crippen LogP contribution < -0.4 is 0 Å². The number of nitrogens with zero attached hydrogens (tertiary/aromatic N) is 1. The van der Waals surface area contributed by atoms with Crippen LogP contribution in [0, 0.1) is 11.3 Å². The molecule has 1 fully saturated rings. The number of halogens is 3. The largest absolute Gasteiger partial charge is 0.453 e. The van der Waals surface area contributed by atoms with Crippen molar-refractivity contribution < 1.29 is 27.5 Å². The summed E-state index contributed by atoms with van der Waals surface area (Å²) in [5.74, 6) is -1.68. The quantitative estimate of drug-likeness (QED) is 0.737. The van der Waals surface area contributed by atoms with Gasteiger partial charge in [-0.25, -0.2) is 0 Å². The molecule has 1 heterocycles. The molecule has 122 valence electrons. The number of carbonyl (C=O) groups excluding carboxylic acids is 2. The fraction of sp³-hybridized carbons (Fsp3) is 0.857. The third-order valence-electron chi connectivity index (χ3n) is 3.44. The van der Waals surface area contributed by atoms with E-state index < -0.39 is 29.6 Å². The molecule has 0 aromatic heterocycles. The first-order valence-corrected chi connectivity index (χ1v) is 6.99. The molecule has 1 saturated heterocycles. The number of amides is 1. The zero-order valence-corrected chi connectivity index (χ0v) is 12.8. The summed E-state index contributed by atoms with van der Waals surface area (Å²) in [5.41, 5.74) is -0.578. The van der Waals surface area contributed by atoms with E-state index in [0.717, 1.165) is 6.92 Å². The van der Waals surface area contributed by atoms with Gasteiger partial charge in [-0.3, -0.25) is 9.59 Å². The molecule has 1 aliphatic rings. The van der Waals surface area contributed by atoms with Crippen molar-refractivity contribution in [3.63, 3.8) is 0 Å². The van der Waals surface area contributed by atoms with E-state index in [1.165, 1.54) is 4.90 Å². The zero-order valence-electron chi connectivity index (χ0n) is 12.8. The van der Waals surface area contributed by atoms with Gasteiger partial charge in [0, 0.05) is 18.5 Å². The van der Waals surface area contributed by atoms with Crippen LogP contribution in [0.15, 0.2) is 0 Å². The molecule has 1 rings (SSSR count). The smallest absolute Gasteiger partial charge is 0.425 e. The molecule has 0 saturated carbocycles. The average molecular weight is 309 g/mol. The van der Waals surface area contributed by atoms with Crippen LogP contribution in [-0.4, -0.2) is 42.1 Å². The van der Waals surface area contributed by atoms with Crippen LogP contribution in [0.2, 0.25) is 0 Å². The van der Waals surface area contributed by atoms with Gasteiger partial charge in [-0.05, 0) is 19.8 Å². The molecule has 1 aliphatic heterocycles. The van der Waals surface area contributed by atoms with Gasteiger partial charge in [-0.1, -0.05) is 20.8 Å². The number of hydrogen-bond donors (Lipinski definition) is 0. The van der Waals surface area contributed by atoms with Crippen LogP contribution in [0.4, 0.5) is 13.2 Å². The Labute approximate surface area is 122 Å². The van der Waals surface area contributed by atoms with Crippen molar-refractivity contribution in [3.8, 4) is 0 Å². The number of alkyl halides is 3. The molecular weight excluding hydrogens is 287 g/mol. The Morgan fingerprint density at radius 2 is 1.81 bits per heavy atom. The minimum absolute atomic E-state index is 0.108. The van der Waals surface area contributed by atoms with Crippen LogP contribution >= 0.6 is 0 Å². The molecule has 7 heteroatoms. The van der Waals surface area contributed by atoms with Gasteiger partial charge in [0.15, 0.2) is 6.10 Å². The van der Waals surface area contributed by atoms with Crippen LogP contribution in [0.3, 0.4) is 0 Å². The standard InChI is InChI=1S/C14H22F3NO3/c1-9(14(15,16)17)21-11(19)10-6-5-7-18(8-10)12(20)13(2,3)4/h9-10H,5-8H2,1-4H3/t9-,10+/m0/s1. The van der Waals surface area contributed by atoms with Crippen molar-refractivity contribution in [1.29, 1.82) is 0 Å². The van der Waals surface area contributed by atoms with Crippen LogP contribution in [0.5, 0.6) is 0 Å². The molecule has 4 nitrogen and oxygen atoms in total. The monoisotopic (exact) mass is 309 g/mol. The van der Waals surface area contributed by atoms with Gasteiger partial charge in [0.2, 0.25) is 5.91 Å². The Hall–Kier alpha value is -1.27. The second-order valence-corrected chi connectivity index (χ2v) is 6.46. The third-order valence-corrected chi connectivity index (χ3v) is 3.44. The summed E-state index contributed by atoms with van der Waals surface area (Å²) in [4.78, 5) is 25.5. The van der Waals surface area contributed by atoms with Crippen LogP contribution in [0.25, 0.3) is 0 Å². The van der Waals surface area contributed by atoms with E-state index in [1.54, 1.807) is 20.8 Å². The Balaban J connectivity index is 2.64. The molecule has 0 unspecified atom stereocenters. The van der Waals surface area contributed by atoms with E-state index in [0.29, 0.717) is 19.4 Å². The molecule has 2 atom stereocenters. The summed E-state index contributed by atoms with van der Waals surface area (Å²) in [5, 5.41) is 0. The zero-order chi connectivity index (χ0) is 16.4. The van der Waals surface area contributed by atoms with E-state index >= 15 is 0 Å². The van der Waals surface area contributed by atoms with Crippen molar-refractivity contribution in [2.24, 2.45) is 11.3 Å². The highest BCUT2D eigenvalue weighted by Crippen LogP contribution is 2.27. The van der Waals surface area contributed by atoms with E-state index in [1.807, 2.05) is 0 Å². The predicted octanol–water partition coefficient (Wildman–Crippen LogP) is 2.77. The van der Waals surface area contributed by atoms with Crippen molar-refractivity contribution in [1.82, 2.24) is 4.90 Å². The summed E-state index contributed by atoms with van der Waals surface area (Å²) >= 11 is 0. The highest BCUT2D eigenvalue weighted by Gasteiger charge is 2.41. The molecule has 0 spiro atoms. The predicted molar refractivity (Wildman–Crippen MR) is 70.4 cm³/mol. The van der Waals surface area contributed by atoms with Gasteiger partial charge < -0.3 is 9.64 Å². The van der Waals surface area contributed by atoms with Crippen molar-refractivity contribution in [2.75, 3.05) is 13.1 Å². The maximum absolute atomic E-state index is 12.4. The van der Waals surface area contributed by atoms with E-state index in [2.05, 4.69) is 4.74 Å². The number of likely N-dealkylation sites (tertiary alicyclic amines) is 1. The van der Waals surface area contributed by atoms with Gasteiger partial charge in [-0.15, -0.1) is 0 Å². The third kappa shape index (κ3) is 4.89. The number of rotatable bonds is 2. The lowest BCUT2D eigenvalue weighted by Gasteiger charge is -2.35. The van der Waals surface area contributed by atoms with Gasteiger partial charge >= 0.3 is 12.1 Å². The number of hydrogen-bond acceptors (Lipinski definition) is 3. The first-order chi connectivity index (χ1) is 9.43. The first-order valence-electron chi connectivity index (χ1n) is 6.99. The normalized spacial score (nSPS) is 21.9. The maximum Gasteiger partial charge on any atom is 0.425 e. The lowest BCUT2D eigenvalue weighted by Crippen LogP contribution is -2.47. The Bertz CT molecular complexity index is 401. The molecule has 21 heavy (non-hydrogen) atoms. The summed E-state index contributed by atoms with van der Waals surface area (Å²) in [7, 11) is 0. The van der Waals surface area contributed by atoms with Crippen molar-refractivity contribution in [3.05, 3.63) is 0 Å². The van der Waals surface area contributed by atoms with Crippen molar-refractivity contribution >= 4 is 11.9 Å². The van der Waals surface area contributed by atoms with Crippen LogP contribution in [0.1, 0.15) is 40.5 Å². The summed E-state index contributed by atoms with van der Waals surface area (Å²) in [6.45, 7) is 6.75. The number of esters is 1. The van der Waals surface area contributed by atoms with Gasteiger partial charge in [0.1, 0.15) is 0 Å². The molecule has 1 amide bonds. The minimum atomic E-state index is -4.56. The summed E-state index contributed by atoms with van der Waals surface area (Å²) in [6.07, 6.45) is -5.66. The number of piperidine rings is 1. The van der Waals surface area contributed by atoms with Crippen molar-refractivity contribution in [2.45, 2.75) is 52.8 Å². The minimum Gasteiger partial charge on any atom is -0.453 e. The van der Waals surface area contributed by atoms with E-state index in [9.17, 15) is 22.8 Å². The number of carbonyl (C=O) groups is 2. The Morgan fingerprint density at radius 3 is 2.29 bits per heavy atom. The average Bonchev–Trinajstić information content (AvgIpc) is 2.35. The lowest BCUT2D eigenvalue weighted by molar-refractivity contribution is -0.219. The Kier molecular flexibility index (Phi) is 5.28. The van der Waals surface area contributed by atoms with E-state index in [-0.39, 0.29) is 12.5 Å². The molecular formula is C14H22F3NO3. The maximum atomic E-state index is 12.4. The molecule has 0 aromatic rings. The van der Waals surface area contributed by atoms with Crippen LogP contribution in [-0.2, 0) is 14.3 Å². The fourth-order valence-electron chi connectivity index (χ4n) is 2.17. The second-order valence-electron chi connectivity index (χ2n) is 6.46.